The largest absolute Gasteiger partial charge is 0.492 e. The Kier molecular flexibility index (Phi) is 8.36. The van der Waals surface area contributed by atoms with Gasteiger partial charge in [-0.05, 0) is 31.9 Å². The number of hydrogen-bond acceptors (Lipinski definition) is 3. The van der Waals surface area contributed by atoms with Crippen molar-refractivity contribution in [1.29, 1.82) is 0 Å². The van der Waals surface area contributed by atoms with E-state index in [0.29, 0.717) is 38.5 Å². The Morgan fingerprint density at radius 2 is 1.82 bits per heavy atom. The molecular formula is C17H29N3O2. The molecule has 0 aliphatic carbocycles. The van der Waals surface area contributed by atoms with Crippen LogP contribution in [0.2, 0.25) is 0 Å². The van der Waals surface area contributed by atoms with Crippen molar-refractivity contribution in [2.24, 2.45) is 4.99 Å². The highest BCUT2D eigenvalue weighted by atomic mass is 16.5. The van der Waals surface area contributed by atoms with Crippen LogP contribution in [0.15, 0.2) is 35.3 Å². The monoisotopic (exact) mass is 307 g/mol. The van der Waals surface area contributed by atoms with Crippen molar-refractivity contribution in [2.75, 3.05) is 26.2 Å². The van der Waals surface area contributed by atoms with Crippen molar-refractivity contribution in [1.82, 2.24) is 10.6 Å². The van der Waals surface area contributed by atoms with E-state index in [1.807, 2.05) is 51.1 Å². The summed E-state index contributed by atoms with van der Waals surface area (Å²) in [7, 11) is 0. The van der Waals surface area contributed by atoms with Crippen molar-refractivity contribution in [3.05, 3.63) is 30.3 Å². The van der Waals surface area contributed by atoms with Crippen LogP contribution in [-0.2, 0) is 0 Å². The van der Waals surface area contributed by atoms with E-state index >= 15 is 0 Å². The highest BCUT2D eigenvalue weighted by Crippen LogP contribution is 2.14. The van der Waals surface area contributed by atoms with Gasteiger partial charge in [0.05, 0.1) is 18.7 Å². The molecule has 5 heteroatoms. The molecule has 0 fully saturated rings. The molecule has 0 radical (unpaired) electrons. The lowest BCUT2D eigenvalue weighted by molar-refractivity contribution is 0.0418. The molecule has 1 rings (SSSR count). The predicted molar refractivity (Wildman–Crippen MR) is 91.5 cm³/mol. The van der Waals surface area contributed by atoms with Gasteiger partial charge in [0.25, 0.3) is 0 Å². The molecule has 0 aliphatic rings. The quantitative estimate of drug-likeness (QED) is 0.372. The zero-order valence-corrected chi connectivity index (χ0v) is 13.9. The van der Waals surface area contributed by atoms with Gasteiger partial charge in [0.1, 0.15) is 12.4 Å². The van der Waals surface area contributed by atoms with Crippen LogP contribution in [0, 0.1) is 0 Å². The number of ether oxygens (including phenoxy) is 1. The molecule has 5 nitrogen and oxygen atoms in total. The summed E-state index contributed by atoms with van der Waals surface area (Å²) in [5, 5.41) is 16.7. The fourth-order valence-electron chi connectivity index (χ4n) is 1.90. The number of guanidine groups is 1. The number of hydrogen-bond donors (Lipinski definition) is 3. The van der Waals surface area contributed by atoms with E-state index in [0.717, 1.165) is 12.3 Å². The highest BCUT2D eigenvalue weighted by molar-refractivity contribution is 5.79. The van der Waals surface area contributed by atoms with Gasteiger partial charge in [0.15, 0.2) is 5.96 Å². The Bertz CT molecular complexity index is 431. The summed E-state index contributed by atoms with van der Waals surface area (Å²) in [5.74, 6) is 1.57. The topological polar surface area (TPSA) is 65.9 Å². The number of nitrogens with zero attached hydrogens (tertiary/aromatic N) is 1. The first-order chi connectivity index (χ1) is 10.6. The van der Waals surface area contributed by atoms with Crippen LogP contribution in [0.4, 0.5) is 0 Å². The summed E-state index contributed by atoms with van der Waals surface area (Å²) in [6.07, 6.45) is 1.40. The standard InChI is InChI=1S/C17H29N3O2/c1-4-17(21,5-2)14-20-16(18-6-3)19-12-13-22-15-10-8-7-9-11-15/h7-11,21H,4-6,12-14H2,1-3H3,(H2,18,19,20). The average molecular weight is 307 g/mol. The lowest BCUT2D eigenvalue weighted by Crippen LogP contribution is -2.41. The van der Waals surface area contributed by atoms with Gasteiger partial charge in [-0.2, -0.15) is 0 Å². The number of benzene rings is 1. The Morgan fingerprint density at radius 3 is 2.41 bits per heavy atom. The maximum absolute atomic E-state index is 10.3. The second-order valence-electron chi connectivity index (χ2n) is 5.21. The number of aliphatic hydroxyl groups is 1. The molecule has 1 aromatic rings. The molecule has 1 aromatic carbocycles. The third-order valence-corrected chi connectivity index (χ3v) is 3.60. The number of nitrogens with one attached hydrogen (secondary N) is 2. The number of aliphatic imine (C=N–C) groups is 1. The molecule has 0 atom stereocenters. The molecule has 0 saturated carbocycles. The van der Waals surface area contributed by atoms with Crippen LogP contribution in [0.5, 0.6) is 5.75 Å². The van der Waals surface area contributed by atoms with Crippen LogP contribution in [0.25, 0.3) is 0 Å². The zero-order chi connectivity index (χ0) is 16.3. The molecule has 0 amide bonds. The van der Waals surface area contributed by atoms with Gasteiger partial charge in [-0.25, -0.2) is 0 Å². The molecule has 0 spiro atoms. The third-order valence-electron chi connectivity index (χ3n) is 3.60. The first kappa shape index (κ1) is 18.3. The lowest BCUT2D eigenvalue weighted by atomic mass is 9.98. The molecule has 0 heterocycles. The first-order valence-corrected chi connectivity index (χ1v) is 8.06. The first-order valence-electron chi connectivity index (χ1n) is 8.06. The van der Waals surface area contributed by atoms with Crippen LogP contribution in [0.1, 0.15) is 33.6 Å². The van der Waals surface area contributed by atoms with Crippen LogP contribution in [0.3, 0.4) is 0 Å². The van der Waals surface area contributed by atoms with Crippen LogP contribution in [-0.4, -0.2) is 42.9 Å². The predicted octanol–water partition coefficient (Wildman–Crippen LogP) is 2.17. The number of rotatable bonds is 9. The van der Waals surface area contributed by atoms with Crippen molar-refractivity contribution in [2.45, 2.75) is 39.2 Å². The molecule has 3 N–H and O–H groups in total. The van der Waals surface area contributed by atoms with E-state index < -0.39 is 5.60 Å². The molecule has 0 aromatic heterocycles. The zero-order valence-electron chi connectivity index (χ0n) is 13.9. The molecule has 124 valence electrons. The Labute approximate surface area is 133 Å². The molecule has 0 aliphatic heterocycles. The van der Waals surface area contributed by atoms with Gasteiger partial charge in [-0.15, -0.1) is 0 Å². The molecular weight excluding hydrogens is 278 g/mol. The summed E-state index contributed by atoms with van der Waals surface area (Å²) in [6.45, 7) is 8.36. The highest BCUT2D eigenvalue weighted by Gasteiger charge is 2.21. The van der Waals surface area contributed by atoms with Gasteiger partial charge in [-0.1, -0.05) is 32.0 Å². The van der Waals surface area contributed by atoms with Crippen LogP contribution < -0.4 is 15.4 Å². The van der Waals surface area contributed by atoms with Crippen molar-refractivity contribution >= 4 is 5.96 Å². The smallest absolute Gasteiger partial charge is 0.191 e. The minimum absolute atomic E-state index is 0.398. The fourth-order valence-corrected chi connectivity index (χ4v) is 1.90. The second-order valence-corrected chi connectivity index (χ2v) is 5.21. The Balaban J connectivity index is 2.40. The van der Waals surface area contributed by atoms with Crippen molar-refractivity contribution in [3.63, 3.8) is 0 Å². The second kappa shape index (κ2) is 10.1. The van der Waals surface area contributed by atoms with Gasteiger partial charge in [-0.3, -0.25) is 4.99 Å². The van der Waals surface area contributed by atoms with Gasteiger partial charge in [0, 0.05) is 6.54 Å². The minimum Gasteiger partial charge on any atom is -0.492 e. The van der Waals surface area contributed by atoms with E-state index in [2.05, 4.69) is 15.6 Å². The van der Waals surface area contributed by atoms with E-state index in [4.69, 9.17) is 4.74 Å². The molecule has 0 saturated heterocycles. The van der Waals surface area contributed by atoms with E-state index in [9.17, 15) is 5.11 Å². The Morgan fingerprint density at radius 1 is 1.14 bits per heavy atom. The summed E-state index contributed by atoms with van der Waals surface area (Å²) < 4.78 is 5.63. The van der Waals surface area contributed by atoms with E-state index in [-0.39, 0.29) is 0 Å². The maximum atomic E-state index is 10.3. The fraction of sp³-hybridized carbons (Fsp3) is 0.588. The summed E-state index contributed by atoms with van der Waals surface area (Å²) >= 11 is 0. The third kappa shape index (κ3) is 6.80. The van der Waals surface area contributed by atoms with Crippen molar-refractivity contribution < 1.29 is 9.84 Å². The summed E-state index contributed by atoms with van der Waals surface area (Å²) in [6, 6.07) is 9.72. The Hall–Kier alpha value is -1.75. The summed E-state index contributed by atoms with van der Waals surface area (Å²) in [5.41, 5.74) is -0.719. The minimum atomic E-state index is -0.719. The van der Waals surface area contributed by atoms with Gasteiger partial charge in [0.2, 0.25) is 0 Å². The van der Waals surface area contributed by atoms with E-state index in [1.54, 1.807) is 0 Å². The SMILES string of the molecule is CCNC(=NCC(O)(CC)CC)NCCOc1ccccc1. The average Bonchev–Trinajstić information content (AvgIpc) is 2.57. The lowest BCUT2D eigenvalue weighted by Gasteiger charge is -2.23. The van der Waals surface area contributed by atoms with E-state index in [1.165, 1.54) is 0 Å². The summed E-state index contributed by atoms with van der Waals surface area (Å²) in [4.78, 5) is 4.46. The van der Waals surface area contributed by atoms with Gasteiger partial charge >= 0.3 is 0 Å². The molecule has 22 heavy (non-hydrogen) atoms. The van der Waals surface area contributed by atoms with Crippen molar-refractivity contribution in [3.8, 4) is 5.75 Å². The molecule has 0 unspecified atom stereocenters. The number of para-hydroxylation sites is 1. The molecule has 0 bridgehead atoms. The normalized spacial score (nSPS) is 12.1. The van der Waals surface area contributed by atoms with Crippen LogP contribution >= 0.6 is 0 Å². The van der Waals surface area contributed by atoms with Gasteiger partial charge < -0.3 is 20.5 Å². The maximum Gasteiger partial charge on any atom is 0.191 e.